The number of benzene rings is 2. The molecular weight excluding hydrogens is 238 g/mol. The molecule has 1 amide bonds. The fourth-order valence-electron chi connectivity index (χ4n) is 2.23. The van der Waals surface area contributed by atoms with Gasteiger partial charge in [0.05, 0.1) is 0 Å². The molecule has 1 atom stereocenters. The van der Waals surface area contributed by atoms with Crippen molar-refractivity contribution in [2.75, 3.05) is 0 Å². The highest BCUT2D eigenvalue weighted by Gasteiger charge is 2.28. The predicted octanol–water partition coefficient (Wildman–Crippen LogP) is 2.31. The van der Waals surface area contributed by atoms with Crippen molar-refractivity contribution < 1.29 is 9.53 Å². The van der Waals surface area contributed by atoms with Crippen molar-refractivity contribution in [2.45, 2.75) is 19.1 Å². The fourth-order valence-corrected chi connectivity index (χ4v) is 2.23. The van der Waals surface area contributed by atoms with Crippen LogP contribution >= 0.6 is 0 Å². The first kappa shape index (κ1) is 11.8. The van der Waals surface area contributed by atoms with Crippen molar-refractivity contribution in [1.82, 2.24) is 5.32 Å². The summed E-state index contributed by atoms with van der Waals surface area (Å²) in [4.78, 5) is 12.1. The van der Waals surface area contributed by atoms with Crippen LogP contribution in [0.2, 0.25) is 0 Å². The molecule has 1 heterocycles. The summed E-state index contributed by atoms with van der Waals surface area (Å²) in [5.41, 5.74) is 2.19. The van der Waals surface area contributed by atoms with Crippen LogP contribution in [-0.2, 0) is 17.8 Å². The second-order valence-corrected chi connectivity index (χ2v) is 4.62. The molecule has 0 aliphatic carbocycles. The Bertz CT molecular complexity index is 555. The molecule has 0 aromatic heterocycles. The molecule has 0 saturated carbocycles. The average Bonchev–Trinajstić information content (AvgIpc) is 2.90. The van der Waals surface area contributed by atoms with Crippen molar-refractivity contribution in [3.63, 3.8) is 0 Å². The van der Waals surface area contributed by atoms with Gasteiger partial charge in [-0.05, 0) is 17.2 Å². The smallest absolute Gasteiger partial charge is 0.261 e. The van der Waals surface area contributed by atoms with E-state index in [4.69, 9.17) is 4.74 Å². The lowest BCUT2D eigenvalue weighted by Crippen LogP contribution is -2.36. The number of para-hydroxylation sites is 1. The summed E-state index contributed by atoms with van der Waals surface area (Å²) in [6.07, 6.45) is 0.248. The SMILES string of the molecule is O=C(NCc1ccccc1)[C@H]1Cc2ccccc2O1. The maximum absolute atomic E-state index is 12.1. The molecule has 3 heteroatoms. The molecule has 0 bridgehead atoms. The van der Waals surface area contributed by atoms with E-state index in [1.165, 1.54) is 0 Å². The molecule has 3 nitrogen and oxygen atoms in total. The number of nitrogens with one attached hydrogen (secondary N) is 1. The van der Waals surface area contributed by atoms with Crippen molar-refractivity contribution in [3.05, 3.63) is 65.7 Å². The lowest BCUT2D eigenvalue weighted by Gasteiger charge is -2.11. The Balaban J connectivity index is 1.58. The van der Waals surface area contributed by atoms with Crippen LogP contribution in [0.3, 0.4) is 0 Å². The zero-order valence-electron chi connectivity index (χ0n) is 10.5. The third-order valence-electron chi connectivity index (χ3n) is 3.25. The highest BCUT2D eigenvalue weighted by molar-refractivity contribution is 5.82. The monoisotopic (exact) mass is 253 g/mol. The van der Waals surface area contributed by atoms with Gasteiger partial charge in [0.1, 0.15) is 5.75 Å². The number of rotatable bonds is 3. The molecule has 1 N–H and O–H groups in total. The second kappa shape index (κ2) is 5.14. The number of hydrogen-bond donors (Lipinski definition) is 1. The van der Waals surface area contributed by atoms with Gasteiger partial charge in [0.15, 0.2) is 6.10 Å². The first-order valence-electron chi connectivity index (χ1n) is 6.39. The number of fused-ring (bicyclic) bond motifs is 1. The summed E-state index contributed by atoms with van der Waals surface area (Å²) >= 11 is 0. The van der Waals surface area contributed by atoms with Crippen molar-refractivity contribution >= 4 is 5.91 Å². The van der Waals surface area contributed by atoms with E-state index in [9.17, 15) is 4.79 Å². The van der Waals surface area contributed by atoms with Crippen LogP contribution in [0.5, 0.6) is 5.75 Å². The standard InChI is InChI=1S/C16H15NO2/c18-16(17-11-12-6-2-1-3-7-12)15-10-13-8-4-5-9-14(13)19-15/h1-9,15H,10-11H2,(H,17,18)/t15-/m1/s1. The van der Waals surface area contributed by atoms with E-state index in [-0.39, 0.29) is 5.91 Å². The Morgan fingerprint density at radius 1 is 1.11 bits per heavy atom. The minimum absolute atomic E-state index is 0.0555. The molecule has 3 rings (SSSR count). The average molecular weight is 253 g/mol. The van der Waals surface area contributed by atoms with Gasteiger partial charge in [-0.3, -0.25) is 4.79 Å². The maximum atomic E-state index is 12.1. The predicted molar refractivity (Wildman–Crippen MR) is 72.9 cm³/mol. The second-order valence-electron chi connectivity index (χ2n) is 4.62. The van der Waals surface area contributed by atoms with Gasteiger partial charge in [0.25, 0.3) is 5.91 Å². The lowest BCUT2D eigenvalue weighted by atomic mass is 10.1. The zero-order chi connectivity index (χ0) is 13.1. The van der Waals surface area contributed by atoms with Crippen molar-refractivity contribution in [1.29, 1.82) is 0 Å². The Kier molecular flexibility index (Phi) is 3.19. The first-order chi connectivity index (χ1) is 9.33. The van der Waals surface area contributed by atoms with E-state index >= 15 is 0 Å². The topological polar surface area (TPSA) is 38.3 Å². The quantitative estimate of drug-likeness (QED) is 0.911. The third kappa shape index (κ3) is 2.60. The minimum Gasteiger partial charge on any atom is -0.480 e. The summed E-state index contributed by atoms with van der Waals surface area (Å²) in [6, 6.07) is 17.7. The lowest BCUT2D eigenvalue weighted by molar-refractivity contribution is -0.127. The van der Waals surface area contributed by atoms with Crippen LogP contribution < -0.4 is 10.1 Å². The summed E-state index contributed by atoms with van der Waals surface area (Å²) in [6.45, 7) is 0.538. The number of carbonyl (C=O) groups excluding carboxylic acids is 1. The van der Waals surface area contributed by atoms with E-state index in [0.717, 1.165) is 16.9 Å². The molecule has 0 radical (unpaired) electrons. The van der Waals surface area contributed by atoms with Crippen LogP contribution in [0.1, 0.15) is 11.1 Å². The molecule has 0 unspecified atom stereocenters. The van der Waals surface area contributed by atoms with Gasteiger partial charge < -0.3 is 10.1 Å². The first-order valence-corrected chi connectivity index (χ1v) is 6.39. The highest BCUT2D eigenvalue weighted by Crippen LogP contribution is 2.28. The number of hydrogen-bond acceptors (Lipinski definition) is 2. The van der Waals surface area contributed by atoms with Crippen LogP contribution in [0.15, 0.2) is 54.6 Å². The summed E-state index contributed by atoms with van der Waals surface area (Å²) < 4.78 is 5.65. The van der Waals surface area contributed by atoms with E-state index in [1.54, 1.807) is 0 Å². The molecule has 0 spiro atoms. The molecule has 0 fully saturated rings. The largest absolute Gasteiger partial charge is 0.480 e. The van der Waals surface area contributed by atoms with Gasteiger partial charge in [-0.1, -0.05) is 48.5 Å². The normalized spacial score (nSPS) is 16.5. The van der Waals surface area contributed by atoms with Gasteiger partial charge in [-0.15, -0.1) is 0 Å². The fraction of sp³-hybridized carbons (Fsp3) is 0.188. The van der Waals surface area contributed by atoms with Crippen LogP contribution in [0, 0.1) is 0 Å². The van der Waals surface area contributed by atoms with E-state index < -0.39 is 6.10 Å². The summed E-state index contributed by atoms with van der Waals surface area (Å²) in [5, 5.41) is 2.91. The Labute approximate surface area is 112 Å². The Hall–Kier alpha value is -2.29. The van der Waals surface area contributed by atoms with Crippen molar-refractivity contribution in [3.8, 4) is 5.75 Å². The van der Waals surface area contributed by atoms with Crippen LogP contribution in [0.25, 0.3) is 0 Å². The van der Waals surface area contributed by atoms with Gasteiger partial charge in [-0.25, -0.2) is 0 Å². The van der Waals surface area contributed by atoms with Gasteiger partial charge in [0, 0.05) is 13.0 Å². The van der Waals surface area contributed by atoms with E-state index in [1.807, 2.05) is 54.6 Å². The van der Waals surface area contributed by atoms with E-state index in [2.05, 4.69) is 5.32 Å². The van der Waals surface area contributed by atoms with Gasteiger partial charge in [-0.2, -0.15) is 0 Å². The van der Waals surface area contributed by atoms with Crippen molar-refractivity contribution in [2.24, 2.45) is 0 Å². The number of ether oxygens (including phenoxy) is 1. The maximum Gasteiger partial charge on any atom is 0.261 e. The molecule has 2 aromatic carbocycles. The third-order valence-corrected chi connectivity index (χ3v) is 3.25. The zero-order valence-corrected chi connectivity index (χ0v) is 10.5. The van der Waals surface area contributed by atoms with E-state index in [0.29, 0.717) is 13.0 Å². The molecule has 19 heavy (non-hydrogen) atoms. The highest BCUT2D eigenvalue weighted by atomic mass is 16.5. The molecule has 0 saturated heterocycles. The van der Waals surface area contributed by atoms with Gasteiger partial charge >= 0.3 is 0 Å². The van der Waals surface area contributed by atoms with Gasteiger partial charge in [0.2, 0.25) is 0 Å². The molecular formula is C16H15NO2. The summed E-state index contributed by atoms with van der Waals surface area (Å²) in [7, 11) is 0. The Morgan fingerprint density at radius 2 is 1.84 bits per heavy atom. The molecule has 1 aliphatic rings. The molecule has 96 valence electrons. The number of amides is 1. The molecule has 1 aliphatic heterocycles. The minimum atomic E-state index is -0.402. The van der Waals surface area contributed by atoms with Crippen LogP contribution in [0.4, 0.5) is 0 Å². The number of carbonyl (C=O) groups is 1. The Morgan fingerprint density at radius 3 is 2.63 bits per heavy atom. The molecule has 2 aromatic rings. The summed E-state index contributed by atoms with van der Waals surface area (Å²) in [5.74, 6) is 0.766. The van der Waals surface area contributed by atoms with Crippen LogP contribution in [-0.4, -0.2) is 12.0 Å².